The fourth-order valence-electron chi connectivity index (χ4n) is 2.61. The first-order chi connectivity index (χ1) is 9.26. The number of hydrogen-bond donors (Lipinski definition) is 2. The number of nitrogens with two attached hydrogens (primary N) is 1. The van der Waals surface area contributed by atoms with E-state index < -0.39 is 0 Å². The molecule has 0 bridgehead atoms. The quantitative estimate of drug-likeness (QED) is 0.824. The van der Waals surface area contributed by atoms with E-state index in [4.69, 9.17) is 10.5 Å². The highest BCUT2D eigenvalue weighted by Gasteiger charge is 2.11. The molecule has 0 radical (unpaired) electrons. The summed E-state index contributed by atoms with van der Waals surface area (Å²) in [5.74, 6) is 0.700. The molecule has 2 aromatic rings. The first-order valence-corrected chi connectivity index (χ1v) is 6.58. The van der Waals surface area contributed by atoms with Crippen LogP contribution in [0.2, 0.25) is 0 Å². The maximum atomic E-state index is 5.81. The average Bonchev–Trinajstić information content (AvgIpc) is 2.88. The van der Waals surface area contributed by atoms with Crippen molar-refractivity contribution in [2.45, 2.75) is 19.3 Å². The minimum absolute atomic E-state index is 0.655. The lowest BCUT2D eigenvalue weighted by Gasteiger charge is -2.11. The van der Waals surface area contributed by atoms with Crippen LogP contribution in [-0.2, 0) is 12.8 Å². The number of anilines is 3. The Morgan fingerprint density at radius 1 is 1.00 bits per heavy atom. The van der Waals surface area contributed by atoms with E-state index in [9.17, 15) is 0 Å². The molecule has 0 spiro atoms. The number of fused-ring (bicyclic) bond motifs is 1. The van der Waals surface area contributed by atoms with Gasteiger partial charge in [-0.1, -0.05) is 6.07 Å². The minimum Gasteiger partial charge on any atom is -0.495 e. The Morgan fingerprint density at radius 2 is 1.74 bits per heavy atom. The van der Waals surface area contributed by atoms with Crippen LogP contribution in [0.15, 0.2) is 36.4 Å². The van der Waals surface area contributed by atoms with Crippen molar-refractivity contribution in [3.63, 3.8) is 0 Å². The van der Waals surface area contributed by atoms with Gasteiger partial charge >= 0.3 is 0 Å². The van der Waals surface area contributed by atoms with Gasteiger partial charge in [0.1, 0.15) is 5.75 Å². The Labute approximate surface area is 113 Å². The standard InChI is InChI=1S/C16H18N2O/c1-19-16-10-14(7-8-15(16)17)18-13-6-5-11-3-2-4-12(11)9-13/h5-10,18H,2-4,17H2,1H3. The third kappa shape index (κ3) is 2.36. The molecule has 3 nitrogen and oxygen atoms in total. The molecule has 3 N–H and O–H groups in total. The van der Waals surface area contributed by atoms with Gasteiger partial charge in [-0.05, 0) is 54.7 Å². The Hall–Kier alpha value is -2.16. The normalized spacial score (nSPS) is 13.1. The van der Waals surface area contributed by atoms with Crippen molar-refractivity contribution < 1.29 is 4.74 Å². The van der Waals surface area contributed by atoms with Gasteiger partial charge in [0.05, 0.1) is 12.8 Å². The van der Waals surface area contributed by atoms with E-state index in [2.05, 4.69) is 23.5 Å². The fourth-order valence-corrected chi connectivity index (χ4v) is 2.61. The van der Waals surface area contributed by atoms with Crippen LogP contribution in [0.1, 0.15) is 17.5 Å². The number of benzene rings is 2. The summed E-state index contributed by atoms with van der Waals surface area (Å²) in [6, 6.07) is 12.3. The van der Waals surface area contributed by atoms with Crippen molar-refractivity contribution in [1.82, 2.24) is 0 Å². The summed E-state index contributed by atoms with van der Waals surface area (Å²) in [7, 11) is 1.63. The lowest BCUT2D eigenvalue weighted by Crippen LogP contribution is -1.96. The largest absolute Gasteiger partial charge is 0.495 e. The van der Waals surface area contributed by atoms with Crippen molar-refractivity contribution in [3.8, 4) is 5.75 Å². The minimum atomic E-state index is 0.655. The van der Waals surface area contributed by atoms with Crippen molar-refractivity contribution in [3.05, 3.63) is 47.5 Å². The van der Waals surface area contributed by atoms with Gasteiger partial charge < -0.3 is 15.8 Å². The molecule has 98 valence electrons. The topological polar surface area (TPSA) is 47.3 Å². The summed E-state index contributed by atoms with van der Waals surface area (Å²) in [6.07, 6.45) is 3.68. The highest BCUT2D eigenvalue weighted by atomic mass is 16.5. The van der Waals surface area contributed by atoms with E-state index in [0.717, 1.165) is 11.4 Å². The van der Waals surface area contributed by atoms with Gasteiger partial charge in [0, 0.05) is 17.4 Å². The summed E-state index contributed by atoms with van der Waals surface area (Å²) in [4.78, 5) is 0. The number of methoxy groups -OCH3 is 1. The highest BCUT2D eigenvalue weighted by molar-refractivity contribution is 5.67. The van der Waals surface area contributed by atoms with E-state index in [-0.39, 0.29) is 0 Å². The van der Waals surface area contributed by atoms with E-state index >= 15 is 0 Å². The van der Waals surface area contributed by atoms with Gasteiger partial charge in [-0.2, -0.15) is 0 Å². The molecule has 0 unspecified atom stereocenters. The number of ether oxygens (including phenoxy) is 1. The van der Waals surface area contributed by atoms with Gasteiger partial charge in [-0.25, -0.2) is 0 Å². The number of hydrogen-bond acceptors (Lipinski definition) is 3. The SMILES string of the molecule is COc1cc(Nc2ccc3c(c2)CCC3)ccc1N. The molecule has 0 amide bonds. The number of aryl methyl sites for hydroxylation is 2. The smallest absolute Gasteiger partial charge is 0.143 e. The Kier molecular flexibility index (Phi) is 3.03. The van der Waals surface area contributed by atoms with E-state index in [1.807, 2.05) is 18.2 Å². The van der Waals surface area contributed by atoms with Crippen LogP contribution < -0.4 is 15.8 Å². The van der Waals surface area contributed by atoms with Crippen LogP contribution in [0, 0.1) is 0 Å². The van der Waals surface area contributed by atoms with Gasteiger partial charge in [0.15, 0.2) is 0 Å². The molecule has 1 aliphatic carbocycles. The molecule has 0 aromatic heterocycles. The Balaban J connectivity index is 1.85. The fraction of sp³-hybridized carbons (Fsp3) is 0.250. The molecule has 3 heteroatoms. The molecular formula is C16H18N2O. The van der Waals surface area contributed by atoms with Crippen LogP contribution in [0.25, 0.3) is 0 Å². The van der Waals surface area contributed by atoms with Crippen molar-refractivity contribution in [1.29, 1.82) is 0 Å². The molecule has 0 aliphatic heterocycles. The van der Waals surface area contributed by atoms with E-state index in [1.165, 1.54) is 30.4 Å². The summed E-state index contributed by atoms with van der Waals surface area (Å²) >= 11 is 0. The number of nitrogen functional groups attached to an aromatic ring is 1. The lowest BCUT2D eigenvalue weighted by molar-refractivity contribution is 0.417. The Bertz CT molecular complexity index is 599. The predicted octanol–water partition coefficient (Wildman–Crippen LogP) is 3.51. The van der Waals surface area contributed by atoms with Crippen LogP contribution in [0.3, 0.4) is 0 Å². The number of rotatable bonds is 3. The predicted molar refractivity (Wildman–Crippen MR) is 79.2 cm³/mol. The Morgan fingerprint density at radius 3 is 2.58 bits per heavy atom. The lowest BCUT2D eigenvalue weighted by atomic mass is 10.1. The molecule has 19 heavy (non-hydrogen) atoms. The van der Waals surface area contributed by atoms with Crippen molar-refractivity contribution in [2.24, 2.45) is 0 Å². The molecule has 3 rings (SSSR count). The second kappa shape index (κ2) is 4.84. The second-order valence-corrected chi connectivity index (χ2v) is 4.92. The maximum Gasteiger partial charge on any atom is 0.143 e. The van der Waals surface area contributed by atoms with Crippen molar-refractivity contribution >= 4 is 17.1 Å². The van der Waals surface area contributed by atoms with Gasteiger partial charge in [0.25, 0.3) is 0 Å². The molecule has 0 heterocycles. The molecule has 0 saturated heterocycles. The summed E-state index contributed by atoms with van der Waals surface area (Å²) in [5.41, 5.74) is 11.5. The van der Waals surface area contributed by atoms with E-state index in [0.29, 0.717) is 11.4 Å². The molecule has 0 fully saturated rings. The van der Waals surface area contributed by atoms with Crippen molar-refractivity contribution in [2.75, 3.05) is 18.2 Å². The van der Waals surface area contributed by atoms with Crippen LogP contribution >= 0.6 is 0 Å². The van der Waals surface area contributed by atoms with Gasteiger partial charge in [-0.3, -0.25) is 0 Å². The summed E-state index contributed by atoms with van der Waals surface area (Å²) < 4.78 is 5.23. The monoisotopic (exact) mass is 254 g/mol. The second-order valence-electron chi connectivity index (χ2n) is 4.92. The summed E-state index contributed by atoms with van der Waals surface area (Å²) in [6.45, 7) is 0. The number of nitrogens with one attached hydrogen (secondary N) is 1. The molecular weight excluding hydrogens is 236 g/mol. The zero-order valence-electron chi connectivity index (χ0n) is 11.1. The zero-order chi connectivity index (χ0) is 13.2. The first-order valence-electron chi connectivity index (χ1n) is 6.58. The molecule has 0 atom stereocenters. The third-order valence-corrected chi connectivity index (χ3v) is 3.62. The van der Waals surface area contributed by atoms with Crippen LogP contribution in [0.5, 0.6) is 5.75 Å². The van der Waals surface area contributed by atoms with Gasteiger partial charge in [0.2, 0.25) is 0 Å². The molecule has 2 aromatic carbocycles. The first kappa shape index (κ1) is 11.9. The maximum absolute atomic E-state index is 5.81. The van der Waals surface area contributed by atoms with Gasteiger partial charge in [-0.15, -0.1) is 0 Å². The molecule has 1 aliphatic rings. The average molecular weight is 254 g/mol. The van der Waals surface area contributed by atoms with Crippen LogP contribution in [0.4, 0.5) is 17.1 Å². The van der Waals surface area contributed by atoms with Crippen LogP contribution in [-0.4, -0.2) is 7.11 Å². The third-order valence-electron chi connectivity index (χ3n) is 3.62. The summed E-state index contributed by atoms with van der Waals surface area (Å²) in [5, 5.41) is 3.40. The molecule has 0 saturated carbocycles. The zero-order valence-corrected chi connectivity index (χ0v) is 11.1. The highest BCUT2D eigenvalue weighted by Crippen LogP contribution is 2.29. The van der Waals surface area contributed by atoms with E-state index in [1.54, 1.807) is 7.11 Å².